The van der Waals surface area contributed by atoms with Gasteiger partial charge < -0.3 is 15.0 Å². The van der Waals surface area contributed by atoms with E-state index in [4.69, 9.17) is 0 Å². The first-order valence-corrected chi connectivity index (χ1v) is 11.9. The number of aliphatic hydroxyl groups is 1. The Morgan fingerprint density at radius 1 is 1.10 bits per heavy atom. The molecule has 0 aliphatic rings. The lowest BCUT2D eigenvalue weighted by molar-refractivity contribution is -0.138. The van der Waals surface area contributed by atoms with E-state index in [1.165, 1.54) is 25.3 Å². The van der Waals surface area contributed by atoms with Crippen molar-refractivity contribution in [1.29, 1.82) is 0 Å². The Kier molecular flexibility index (Phi) is 8.42. The first-order valence-electron chi connectivity index (χ1n) is 11.9. The van der Waals surface area contributed by atoms with Crippen LogP contribution in [0.3, 0.4) is 0 Å². The van der Waals surface area contributed by atoms with E-state index in [0.717, 1.165) is 29.2 Å². The zero-order valence-corrected chi connectivity index (χ0v) is 21.0. The second-order valence-electron chi connectivity index (χ2n) is 9.18. The number of anilines is 1. The lowest BCUT2D eigenvalue weighted by atomic mass is 10.1. The van der Waals surface area contributed by atoms with E-state index in [0.29, 0.717) is 0 Å². The third-order valence-corrected chi connectivity index (χ3v) is 6.10. The number of H-pyrrole nitrogens is 1. The van der Waals surface area contributed by atoms with Gasteiger partial charge in [0.25, 0.3) is 17.5 Å². The minimum atomic E-state index is -4.98. The van der Waals surface area contributed by atoms with Gasteiger partial charge in [0.15, 0.2) is 5.82 Å². The normalized spacial score (nSPS) is 14.3. The maximum Gasteiger partial charge on any atom is 0.423 e. The van der Waals surface area contributed by atoms with Gasteiger partial charge in [-0.1, -0.05) is 0 Å². The third kappa shape index (κ3) is 6.53. The monoisotopic (exact) mass is 586 g/mol. The van der Waals surface area contributed by atoms with E-state index in [-0.39, 0.29) is 34.1 Å². The van der Waals surface area contributed by atoms with Gasteiger partial charge in [0.05, 0.1) is 29.4 Å². The Hall–Kier alpha value is -4.34. The molecule has 0 saturated heterocycles. The lowest BCUT2D eigenvalue weighted by Gasteiger charge is -2.20. The van der Waals surface area contributed by atoms with Crippen LogP contribution in [-0.2, 0) is 12.7 Å². The van der Waals surface area contributed by atoms with Crippen LogP contribution in [0, 0.1) is 5.82 Å². The zero-order chi connectivity index (χ0) is 30.1. The van der Waals surface area contributed by atoms with Crippen LogP contribution in [0.15, 0.2) is 52.6 Å². The number of hydrogen-bond acceptors (Lipinski definition) is 7. The number of aliphatic hydroxyl groups excluding tert-OH is 1. The molecule has 3 heterocycles. The number of aromatic nitrogens is 5. The molecule has 0 spiro atoms. The van der Waals surface area contributed by atoms with Crippen molar-refractivity contribution >= 4 is 16.5 Å². The summed E-state index contributed by atoms with van der Waals surface area (Å²) in [4.78, 5) is 32.2. The second kappa shape index (κ2) is 11.6. The summed E-state index contributed by atoms with van der Waals surface area (Å²) < 4.78 is 95.8. The summed E-state index contributed by atoms with van der Waals surface area (Å²) in [7, 11) is 0. The van der Waals surface area contributed by atoms with Gasteiger partial charge in [0.2, 0.25) is 0 Å². The molecular formula is C25H21F7N6O3. The van der Waals surface area contributed by atoms with E-state index < -0.39 is 65.7 Å². The number of pyridine rings is 1. The Morgan fingerprint density at radius 3 is 2.41 bits per heavy atom. The summed E-state index contributed by atoms with van der Waals surface area (Å²) in [5.41, 5.74) is -4.76. The van der Waals surface area contributed by atoms with Crippen molar-refractivity contribution in [2.24, 2.45) is 0 Å². The fraction of sp³-hybridized carbons (Fsp3) is 0.320. The second-order valence-corrected chi connectivity index (χ2v) is 9.18. The maximum absolute atomic E-state index is 14.9. The van der Waals surface area contributed by atoms with Crippen LogP contribution in [0.2, 0.25) is 0 Å². The Balaban J connectivity index is 1.50. The molecule has 0 fully saturated rings. The van der Waals surface area contributed by atoms with Crippen LogP contribution in [0.25, 0.3) is 22.2 Å². The van der Waals surface area contributed by atoms with E-state index in [2.05, 4.69) is 20.4 Å². The highest BCUT2D eigenvalue weighted by Crippen LogP contribution is 2.32. The van der Waals surface area contributed by atoms with Gasteiger partial charge in [-0.25, -0.2) is 32.6 Å². The molecule has 3 N–H and O–H groups in total. The minimum absolute atomic E-state index is 0.110. The number of hydrogen-bond donors (Lipinski definition) is 3. The fourth-order valence-electron chi connectivity index (χ4n) is 4.18. The van der Waals surface area contributed by atoms with Crippen molar-refractivity contribution in [2.75, 3.05) is 5.32 Å². The van der Waals surface area contributed by atoms with E-state index in [1.54, 1.807) is 5.10 Å². The van der Waals surface area contributed by atoms with Gasteiger partial charge in [-0.2, -0.15) is 18.3 Å². The Labute approximate surface area is 225 Å². The number of halogens is 7. The van der Waals surface area contributed by atoms with Crippen LogP contribution in [0.4, 0.5) is 36.4 Å². The van der Waals surface area contributed by atoms with Gasteiger partial charge >= 0.3 is 6.18 Å². The summed E-state index contributed by atoms with van der Waals surface area (Å²) in [6.07, 6.45) is -8.37. The number of fused-ring (bicyclic) bond motifs is 1. The summed E-state index contributed by atoms with van der Waals surface area (Å²) >= 11 is 0. The highest BCUT2D eigenvalue weighted by molar-refractivity contribution is 5.86. The molecule has 0 bridgehead atoms. The molecule has 0 aliphatic carbocycles. The quantitative estimate of drug-likeness (QED) is 0.251. The third-order valence-electron chi connectivity index (χ3n) is 6.10. The number of rotatable bonds is 9. The smallest absolute Gasteiger partial charge is 0.382 e. The molecule has 4 aromatic rings. The van der Waals surface area contributed by atoms with Gasteiger partial charge in [-0.3, -0.25) is 9.59 Å². The van der Waals surface area contributed by atoms with Crippen molar-refractivity contribution in [3.05, 3.63) is 80.6 Å². The van der Waals surface area contributed by atoms with Gasteiger partial charge in [-0.05, 0) is 30.5 Å². The molecule has 4 rings (SSSR count). The molecule has 1 aromatic carbocycles. The number of nitrogens with zero attached hydrogens (tertiary/aromatic N) is 4. The number of nitrogens with one attached hydrogen (secondary N) is 2. The summed E-state index contributed by atoms with van der Waals surface area (Å²) in [6.45, 7) is 0.887. The lowest BCUT2D eigenvalue weighted by Crippen LogP contribution is -2.30. The predicted molar refractivity (Wildman–Crippen MR) is 133 cm³/mol. The molecule has 9 nitrogen and oxygen atoms in total. The van der Waals surface area contributed by atoms with Crippen LogP contribution in [-0.4, -0.2) is 48.5 Å². The molecule has 0 amide bonds. The van der Waals surface area contributed by atoms with Gasteiger partial charge in [-0.15, -0.1) is 0 Å². The highest BCUT2D eigenvalue weighted by atomic mass is 19.4. The average Bonchev–Trinajstić information content (AvgIpc) is 2.89. The largest absolute Gasteiger partial charge is 0.423 e. The summed E-state index contributed by atoms with van der Waals surface area (Å²) in [6, 6.07) is 2.64. The highest BCUT2D eigenvalue weighted by Gasteiger charge is 2.37. The molecule has 0 unspecified atom stereocenters. The Morgan fingerprint density at radius 2 is 1.78 bits per heavy atom. The van der Waals surface area contributed by atoms with Crippen molar-refractivity contribution in [3.8, 4) is 11.4 Å². The van der Waals surface area contributed by atoms with E-state index >= 15 is 0 Å². The van der Waals surface area contributed by atoms with Crippen molar-refractivity contribution in [3.63, 3.8) is 0 Å². The molecule has 16 heteroatoms. The molecule has 3 atom stereocenters. The first kappa shape index (κ1) is 29.6. The molecule has 218 valence electrons. The first-order chi connectivity index (χ1) is 19.3. The topological polar surface area (TPSA) is 126 Å². The molecule has 0 saturated carbocycles. The average molecular weight is 586 g/mol. The SMILES string of the molecule is C[C@@H](C[C@@H](F)Cn1ccc2cc(-c3ncc([C@H](O)C(F)F)cn3)c(F)cc2c1=O)Nc1cn[nH]c(=O)c1C(F)(F)F. The molecule has 3 aromatic heterocycles. The minimum Gasteiger partial charge on any atom is -0.382 e. The van der Waals surface area contributed by atoms with Crippen LogP contribution in [0.1, 0.15) is 30.6 Å². The number of benzene rings is 1. The number of alkyl halides is 6. The van der Waals surface area contributed by atoms with Crippen LogP contribution in [0.5, 0.6) is 0 Å². The summed E-state index contributed by atoms with van der Waals surface area (Å²) in [5, 5.41) is 17.0. The van der Waals surface area contributed by atoms with Gasteiger partial charge in [0.1, 0.15) is 23.7 Å². The standard InChI is InChI=1S/C25H21F7N6O3/c1-11(36-18-9-35-37-23(40)19(18)25(30,31)32)4-14(26)10-38-3-2-12-5-16(17(27)6-15(12)24(38)41)22-33-7-13(8-34-22)20(39)21(28)29/h2-3,5-9,11,14,20-21,39H,4,10H2,1H3,(H2,36,37,40)/t11-,14+,20-/m0/s1. The Bertz CT molecular complexity index is 1660. The van der Waals surface area contributed by atoms with Gasteiger partial charge in [0, 0.05) is 36.6 Å². The number of aromatic amines is 1. The zero-order valence-electron chi connectivity index (χ0n) is 21.0. The molecular weight excluding hydrogens is 565 g/mol. The molecule has 0 aliphatic heterocycles. The van der Waals surface area contributed by atoms with Crippen LogP contribution >= 0.6 is 0 Å². The molecule has 0 radical (unpaired) electrons. The summed E-state index contributed by atoms with van der Waals surface area (Å²) in [5.74, 6) is -1.11. The maximum atomic E-state index is 14.9. The van der Waals surface area contributed by atoms with E-state index in [9.17, 15) is 45.4 Å². The fourth-order valence-corrected chi connectivity index (χ4v) is 4.18. The van der Waals surface area contributed by atoms with Crippen molar-refractivity contribution < 1.29 is 35.8 Å². The predicted octanol–water partition coefficient (Wildman–Crippen LogP) is 4.23. The van der Waals surface area contributed by atoms with Crippen LogP contribution < -0.4 is 16.4 Å². The van der Waals surface area contributed by atoms with E-state index in [1.807, 2.05) is 0 Å². The van der Waals surface area contributed by atoms with Crippen molar-refractivity contribution in [1.82, 2.24) is 24.7 Å². The van der Waals surface area contributed by atoms with Crippen molar-refractivity contribution in [2.45, 2.75) is 50.8 Å². The molecule has 41 heavy (non-hydrogen) atoms.